The van der Waals surface area contributed by atoms with Crippen LogP contribution >= 0.6 is 0 Å². The lowest BCUT2D eigenvalue weighted by Gasteiger charge is -2.20. The first kappa shape index (κ1) is 18.1. The predicted octanol–water partition coefficient (Wildman–Crippen LogP) is 6.18. The van der Waals surface area contributed by atoms with Gasteiger partial charge >= 0.3 is 0 Å². The first-order valence-electron chi connectivity index (χ1n) is 9.42. The molecule has 1 aliphatic carbocycles. The van der Waals surface area contributed by atoms with Crippen molar-refractivity contribution >= 4 is 5.57 Å². The Morgan fingerprint density at radius 3 is 2.36 bits per heavy atom. The lowest BCUT2D eigenvalue weighted by atomic mass is 9.84. The summed E-state index contributed by atoms with van der Waals surface area (Å²) >= 11 is 0. The second-order valence-corrected chi connectivity index (χ2v) is 7.70. The van der Waals surface area contributed by atoms with Crippen molar-refractivity contribution in [3.8, 4) is 0 Å². The van der Waals surface area contributed by atoms with Gasteiger partial charge in [-0.15, -0.1) is 0 Å². The molecular formula is C23H30FN. The van der Waals surface area contributed by atoms with Crippen LogP contribution in [0.5, 0.6) is 0 Å². The van der Waals surface area contributed by atoms with Gasteiger partial charge in [0.25, 0.3) is 0 Å². The summed E-state index contributed by atoms with van der Waals surface area (Å²) in [4.78, 5) is 2.36. The van der Waals surface area contributed by atoms with E-state index in [1.807, 2.05) is 0 Å². The molecule has 1 aromatic rings. The minimum absolute atomic E-state index is 0.0864. The number of rotatable bonds is 3. The Hall–Kier alpha value is -1.67. The third-order valence-corrected chi connectivity index (χ3v) is 5.97. The van der Waals surface area contributed by atoms with Crippen LogP contribution in [0.25, 0.3) is 5.57 Å². The van der Waals surface area contributed by atoms with Crippen molar-refractivity contribution in [3.63, 3.8) is 0 Å². The monoisotopic (exact) mass is 339 g/mol. The highest BCUT2D eigenvalue weighted by Gasteiger charge is 2.25. The van der Waals surface area contributed by atoms with E-state index in [1.54, 1.807) is 6.08 Å². The van der Waals surface area contributed by atoms with Crippen molar-refractivity contribution in [1.82, 2.24) is 4.90 Å². The average Bonchev–Trinajstić information content (AvgIpc) is 3.16. The quantitative estimate of drug-likeness (QED) is 0.636. The maximum Gasteiger partial charge on any atom is 0.126 e. The first-order valence-corrected chi connectivity index (χ1v) is 9.42. The smallest absolute Gasteiger partial charge is 0.126 e. The molecule has 0 amide bonds. The summed E-state index contributed by atoms with van der Waals surface area (Å²) in [6, 6.07) is 0. The number of fused-ring (bicyclic) bond motifs is 1. The fourth-order valence-corrected chi connectivity index (χ4v) is 4.64. The summed E-state index contributed by atoms with van der Waals surface area (Å²) in [5, 5.41) is 0. The van der Waals surface area contributed by atoms with Crippen molar-refractivity contribution in [2.24, 2.45) is 0 Å². The highest BCUT2D eigenvalue weighted by molar-refractivity contribution is 5.75. The molecular weight excluding hydrogens is 309 g/mol. The maximum atomic E-state index is 14.8. The van der Waals surface area contributed by atoms with Crippen molar-refractivity contribution in [1.29, 1.82) is 0 Å². The summed E-state index contributed by atoms with van der Waals surface area (Å²) < 4.78 is 14.8. The summed E-state index contributed by atoms with van der Waals surface area (Å²) in [7, 11) is 2.17. The van der Waals surface area contributed by atoms with E-state index < -0.39 is 0 Å². The van der Waals surface area contributed by atoms with Crippen LogP contribution < -0.4 is 0 Å². The van der Waals surface area contributed by atoms with E-state index >= 15 is 0 Å². The molecule has 0 saturated heterocycles. The highest BCUT2D eigenvalue weighted by Crippen LogP contribution is 2.38. The lowest BCUT2D eigenvalue weighted by molar-refractivity contribution is 0.352. The molecule has 0 spiro atoms. The van der Waals surface area contributed by atoms with Gasteiger partial charge in [-0.2, -0.15) is 0 Å². The van der Waals surface area contributed by atoms with Crippen LogP contribution in [-0.2, 0) is 19.5 Å². The van der Waals surface area contributed by atoms with Crippen molar-refractivity contribution in [2.75, 3.05) is 7.05 Å². The molecule has 0 radical (unpaired) electrons. The van der Waals surface area contributed by atoms with E-state index in [0.717, 1.165) is 55.5 Å². The number of hydrogen-bond donors (Lipinski definition) is 0. The fraction of sp³-hybridized carbons (Fsp3) is 0.478. The minimum Gasteiger partial charge on any atom is -0.298 e. The van der Waals surface area contributed by atoms with E-state index in [1.165, 1.54) is 33.4 Å². The number of halogens is 1. The third kappa shape index (κ3) is 3.13. The van der Waals surface area contributed by atoms with Crippen molar-refractivity contribution in [2.45, 2.75) is 66.5 Å². The lowest BCUT2D eigenvalue weighted by Crippen LogP contribution is -2.07. The number of hydrogen-bond acceptors (Lipinski definition) is 1. The highest BCUT2D eigenvalue weighted by atomic mass is 19.1. The van der Waals surface area contributed by atoms with Gasteiger partial charge in [-0.25, -0.2) is 4.39 Å². The second kappa shape index (κ2) is 6.92. The van der Waals surface area contributed by atoms with Crippen LogP contribution in [0.15, 0.2) is 29.6 Å². The van der Waals surface area contributed by atoms with Crippen molar-refractivity contribution < 1.29 is 4.39 Å². The van der Waals surface area contributed by atoms with Gasteiger partial charge in [-0.1, -0.05) is 13.5 Å². The number of nitrogens with zero attached hydrogens (tertiary/aromatic N) is 1. The Bertz CT molecular complexity index is 795. The normalized spacial score (nSPS) is 20.4. The number of allylic oxidation sites excluding steroid dienone is 5. The molecule has 0 aromatic heterocycles. The third-order valence-electron chi connectivity index (χ3n) is 5.97. The average molecular weight is 339 g/mol. The van der Waals surface area contributed by atoms with Crippen LogP contribution in [-0.4, -0.2) is 11.9 Å². The standard InChI is InChI=1S/C23H30FN/c1-7-18-16(4)20-12-25(6)13-21(20)17(5)23(18)15(3)11-22(24)19-10-8-9-14(19)2/h11H,2,7-10,12-13H2,1,3-6H3/b15-11+,22-19+. The summed E-state index contributed by atoms with van der Waals surface area (Å²) in [6.45, 7) is 14.8. The SMILES string of the molecule is C=C1CCC/C1=C(F)/C=C(\C)c1c(C)c2c(c(C)c1CC)CN(C)C2. The zero-order valence-electron chi connectivity index (χ0n) is 16.4. The molecule has 25 heavy (non-hydrogen) atoms. The Morgan fingerprint density at radius 2 is 1.80 bits per heavy atom. The Labute approximate surface area is 151 Å². The van der Waals surface area contributed by atoms with Crippen LogP contribution in [0.1, 0.15) is 66.5 Å². The minimum atomic E-state index is -0.0864. The van der Waals surface area contributed by atoms with Crippen LogP contribution in [0, 0.1) is 13.8 Å². The summed E-state index contributed by atoms with van der Waals surface area (Å²) in [5.41, 5.74) is 11.1. The van der Waals surface area contributed by atoms with Crippen LogP contribution in [0.3, 0.4) is 0 Å². The van der Waals surface area contributed by atoms with Gasteiger partial charge in [0.2, 0.25) is 0 Å². The molecule has 1 heterocycles. The predicted molar refractivity (Wildman–Crippen MR) is 105 cm³/mol. The molecule has 134 valence electrons. The van der Waals surface area contributed by atoms with Gasteiger partial charge in [0.05, 0.1) is 0 Å². The zero-order chi connectivity index (χ0) is 18.3. The van der Waals surface area contributed by atoms with Gasteiger partial charge in [0, 0.05) is 13.1 Å². The molecule has 1 nitrogen and oxygen atoms in total. The van der Waals surface area contributed by atoms with Gasteiger partial charge in [-0.3, -0.25) is 4.90 Å². The molecule has 0 bridgehead atoms. The van der Waals surface area contributed by atoms with Crippen molar-refractivity contribution in [3.05, 3.63) is 63.0 Å². The molecule has 2 heteroatoms. The molecule has 0 unspecified atom stereocenters. The summed E-state index contributed by atoms with van der Waals surface area (Å²) in [5.74, 6) is -0.0864. The van der Waals surface area contributed by atoms with Gasteiger partial charge in [0.1, 0.15) is 5.83 Å². The first-order chi connectivity index (χ1) is 11.8. The topological polar surface area (TPSA) is 3.24 Å². The van der Waals surface area contributed by atoms with Gasteiger partial charge in [-0.05, 0) is 110 Å². The van der Waals surface area contributed by atoms with E-state index in [-0.39, 0.29) is 5.83 Å². The summed E-state index contributed by atoms with van der Waals surface area (Å²) in [6.07, 6.45) is 5.51. The molecule has 1 aromatic carbocycles. The van der Waals surface area contributed by atoms with Gasteiger partial charge in [0.15, 0.2) is 0 Å². The molecule has 1 saturated carbocycles. The molecule has 2 aliphatic rings. The Morgan fingerprint density at radius 1 is 1.16 bits per heavy atom. The molecule has 0 N–H and O–H groups in total. The van der Waals surface area contributed by atoms with E-state index in [4.69, 9.17) is 0 Å². The molecule has 1 fully saturated rings. The molecule has 3 rings (SSSR count). The fourth-order valence-electron chi connectivity index (χ4n) is 4.64. The zero-order valence-corrected chi connectivity index (χ0v) is 16.4. The van der Waals surface area contributed by atoms with Crippen LogP contribution in [0.4, 0.5) is 4.39 Å². The Kier molecular flexibility index (Phi) is 5.02. The number of benzene rings is 1. The van der Waals surface area contributed by atoms with E-state index in [9.17, 15) is 4.39 Å². The molecule has 0 atom stereocenters. The van der Waals surface area contributed by atoms with Gasteiger partial charge < -0.3 is 0 Å². The molecule has 1 aliphatic heterocycles. The van der Waals surface area contributed by atoms with E-state index in [2.05, 4.69) is 46.2 Å². The largest absolute Gasteiger partial charge is 0.298 e. The maximum absolute atomic E-state index is 14.8. The van der Waals surface area contributed by atoms with E-state index in [0.29, 0.717) is 0 Å². The second-order valence-electron chi connectivity index (χ2n) is 7.70. The van der Waals surface area contributed by atoms with Crippen LogP contribution in [0.2, 0.25) is 0 Å². The Balaban J connectivity index is 2.14.